The Morgan fingerprint density at radius 1 is 1.12 bits per heavy atom. The Bertz CT molecular complexity index is 406. The highest BCUT2D eigenvalue weighted by Crippen LogP contribution is 2.58. The first kappa shape index (κ1) is 10.4. The maximum atomic E-state index is 4.31. The Kier molecular flexibility index (Phi) is 2.11. The van der Waals surface area contributed by atoms with Gasteiger partial charge >= 0.3 is 0 Å². The third-order valence-electron chi connectivity index (χ3n) is 5.08. The van der Waals surface area contributed by atoms with Crippen LogP contribution in [0, 0.1) is 17.8 Å². The Morgan fingerprint density at radius 3 is 2.24 bits per heavy atom. The van der Waals surface area contributed by atoms with Crippen LogP contribution in [0.25, 0.3) is 0 Å². The lowest BCUT2D eigenvalue weighted by Gasteiger charge is -2.56. The molecule has 0 unspecified atom stereocenters. The molecule has 17 heavy (non-hydrogen) atoms. The van der Waals surface area contributed by atoms with E-state index in [-0.39, 0.29) is 5.54 Å². The van der Waals surface area contributed by atoms with Crippen molar-refractivity contribution in [2.24, 2.45) is 17.8 Å². The van der Waals surface area contributed by atoms with Gasteiger partial charge in [0.05, 0.1) is 5.54 Å². The van der Waals surface area contributed by atoms with E-state index in [1.807, 2.05) is 0 Å². The second kappa shape index (κ2) is 3.46. The highest BCUT2D eigenvalue weighted by atomic mass is 32.2. The van der Waals surface area contributed by atoms with Crippen molar-refractivity contribution in [2.75, 3.05) is 6.26 Å². The van der Waals surface area contributed by atoms with Crippen LogP contribution in [-0.2, 0) is 5.54 Å². The molecular formula is C12H18N4S. The van der Waals surface area contributed by atoms with Gasteiger partial charge in [-0.25, -0.2) is 4.68 Å². The first-order valence-corrected chi connectivity index (χ1v) is 7.84. The van der Waals surface area contributed by atoms with Crippen molar-refractivity contribution >= 4 is 11.8 Å². The minimum Gasteiger partial charge on any atom is -0.214 e. The molecule has 1 heterocycles. The zero-order valence-corrected chi connectivity index (χ0v) is 11.0. The van der Waals surface area contributed by atoms with Gasteiger partial charge in [0, 0.05) is 0 Å². The van der Waals surface area contributed by atoms with Crippen molar-refractivity contribution in [3.63, 3.8) is 0 Å². The van der Waals surface area contributed by atoms with Crippen LogP contribution < -0.4 is 0 Å². The first-order chi connectivity index (χ1) is 8.29. The lowest BCUT2D eigenvalue weighted by atomic mass is 9.53. The Labute approximate surface area is 106 Å². The van der Waals surface area contributed by atoms with Crippen molar-refractivity contribution < 1.29 is 0 Å². The van der Waals surface area contributed by atoms with E-state index in [1.54, 1.807) is 11.8 Å². The Balaban J connectivity index is 1.77. The summed E-state index contributed by atoms with van der Waals surface area (Å²) in [5.74, 6) is 2.83. The number of nitrogens with zero attached hydrogens (tertiary/aromatic N) is 4. The van der Waals surface area contributed by atoms with Gasteiger partial charge in [0.1, 0.15) is 0 Å². The standard InChI is InChI=1S/C12H18N4S/c1-17-11-13-14-15-16(11)12-5-8-2-9(6-12)4-10(3-8)7-12/h8-10H,2-7H2,1H3. The molecule has 92 valence electrons. The van der Waals surface area contributed by atoms with Gasteiger partial charge in [-0.1, -0.05) is 11.8 Å². The van der Waals surface area contributed by atoms with Gasteiger partial charge in [-0.3, -0.25) is 0 Å². The molecule has 0 amide bonds. The summed E-state index contributed by atoms with van der Waals surface area (Å²) in [6.45, 7) is 0. The molecule has 0 N–H and O–H groups in total. The average Bonchev–Trinajstić information content (AvgIpc) is 2.75. The molecule has 5 rings (SSSR count). The average molecular weight is 250 g/mol. The molecule has 1 aromatic rings. The van der Waals surface area contributed by atoms with Gasteiger partial charge in [-0.05, 0) is 73.0 Å². The molecule has 4 bridgehead atoms. The molecule has 0 aliphatic heterocycles. The molecule has 4 aliphatic rings. The summed E-state index contributed by atoms with van der Waals surface area (Å²) in [6, 6.07) is 0. The number of hydrogen-bond donors (Lipinski definition) is 0. The van der Waals surface area contributed by atoms with E-state index < -0.39 is 0 Å². The number of aromatic nitrogens is 4. The van der Waals surface area contributed by atoms with E-state index in [4.69, 9.17) is 0 Å². The summed E-state index contributed by atoms with van der Waals surface area (Å²) >= 11 is 1.68. The van der Waals surface area contributed by atoms with Gasteiger partial charge in [0.2, 0.25) is 5.16 Å². The van der Waals surface area contributed by atoms with Gasteiger partial charge < -0.3 is 0 Å². The lowest BCUT2D eigenvalue weighted by molar-refractivity contribution is -0.0548. The van der Waals surface area contributed by atoms with E-state index in [1.165, 1.54) is 38.5 Å². The van der Waals surface area contributed by atoms with E-state index in [9.17, 15) is 0 Å². The molecule has 0 aromatic carbocycles. The number of thioether (sulfide) groups is 1. The highest BCUT2D eigenvalue weighted by molar-refractivity contribution is 7.98. The summed E-state index contributed by atoms with van der Waals surface area (Å²) < 4.78 is 2.17. The molecule has 4 fully saturated rings. The van der Waals surface area contributed by atoms with Crippen LogP contribution in [0.2, 0.25) is 0 Å². The maximum absolute atomic E-state index is 4.31. The zero-order chi connectivity index (χ0) is 11.5. The second-order valence-electron chi connectivity index (χ2n) is 6.22. The minimum atomic E-state index is 0.274. The van der Waals surface area contributed by atoms with Crippen molar-refractivity contribution in [2.45, 2.75) is 49.2 Å². The van der Waals surface area contributed by atoms with Crippen LogP contribution >= 0.6 is 11.8 Å². The molecule has 0 saturated heterocycles. The number of hydrogen-bond acceptors (Lipinski definition) is 4. The fourth-order valence-corrected chi connectivity index (χ4v) is 5.45. The van der Waals surface area contributed by atoms with Crippen molar-refractivity contribution in [1.29, 1.82) is 0 Å². The zero-order valence-electron chi connectivity index (χ0n) is 10.2. The van der Waals surface area contributed by atoms with Gasteiger partial charge in [-0.2, -0.15) is 0 Å². The first-order valence-electron chi connectivity index (χ1n) is 6.62. The van der Waals surface area contributed by atoms with Gasteiger partial charge in [-0.15, -0.1) is 5.10 Å². The molecule has 1 aromatic heterocycles. The summed E-state index contributed by atoms with van der Waals surface area (Å²) in [5, 5.41) is 13.4. The summed E-state index contributed by atoms with van der Waals surface area (Å²) in [5.41, 5.74) is 0.274. The van der Waals surface area contributed by atoms with Crippen LogP contribution in [0.1, 0.15) is 38.5 Å². The van der Waals surface area contributed by atoms with E-state index in [2.05, 4.69) is 26.5 Å². The third kappa shape index (κ3) is 1.41. The predicted octanol–water partition coefficient (Wildman–Crippen LogP) is 2.32. The Morgan fingerprint density at radius 2 is 1.71 bits per heavy atom. The fraction of sp³-hybridized carbons (Fsp3) is 0.917. The summed E-state index contributed by atoms with van der Waals surface area (Å²) in [4.78, 5) is 0. The molecule has 0 spiro atoms. The normalized spacial score (nSPS) is 43.2. The second-order valence-corrected chi connectivity index (χ2v) is 6.99. The molecule has 0 radical (unpaired) electrons. The third-order valence-corrected chi connectivity index (χ3v) is 5.70. The predicted molar refractivity (Wildman–Crippen MR) is 65.7 cm³/mol. The largest absolute Gasteiger partial charge is 0.214 e. The Hall–Kier alpha value is -0.580. The number of tetrazole rings is 1. The van der Waals surface area contributed by atoms with Crippen LogP contribution in [0.3, 0.4) is 0 Å². The van der Waals surface area contributed by atoms with Crippen molar-refractivity contribution in [1.82, 2.24) is 20.2 Å². The van der Waals surface area contributed by atoms with Gasteiger partial charge in [0.15, 0.2) is 0 Å². The molecule has 4 nitrogen and oxygen atoms in total. The molecular weight excluding hydrogens is 232 g/mol. The van der Waals surface area contributed by atoms with Crippen LogP contribution in [0.15, 0.2) is 5.16 Å². The molecule has 5 heteroatoms. The van der Waals surface area contributed by atoms with E-state index in [0.29, 0.717) is 0 Å². The quantitative estimate of drug-likeness (QED) is 0.756. The minimum absolute atomic E-state index is 0.274. The monoisotopic (exact) mass is 250 g/mol. The lowest BCUT2D eigenvalue weighted by Crippen LogP contribution is -2.52. The summed E-state index contributed by atoms with van der Waals surface area (Å²) in [6.07, 6.45) is 10.4. The topological polar surface area (TPSA) is 43.6 Å². The highest BCUT2D eigenvalue weighted by Gasteiger charge is 2.53. The van der Waals surface area contributed by atoms with Crippen molar-refractivity contribution in [3.05, 3.63) is 0 Å². The van der Waals surface area contributed by atoms with Crippen molar-refractivity contribution in [3.8, 4) is 0 Å². The summed E-state index contributed by atoms with van der Waals surface area (Å²) in [7, 11) is 0. The van der Waals surface area contributed by atoms with Crippen LogP contribution in [-0.4, -0.2) is 26.5 Å². The van der Waals surface area contributed by atoms with Crippen LogP contribution in [0.5, 0.6) is 0 Å². The molecule has 0 atom stereocenters. The maximum Gasteiger partial charge on any atom is 0.209 e. The molecule has 4 saturated carbocycles. The van der Waals surface area contributed by atoms with Gasteiger partial charge in [0.25, 0.3) is 0 Å². The van der Waals surface area contributed by atoms with E-state index in [0.717, 1.165) is 22.9 Å². The van der Waals surface area contributed by atoms with E-state index >= 15 is 0 Å². The SMILES string of the molecule is CSc1nnnn1C12CC3CC(CC(C3)C1)C2. The molecule has 4 aliphatic carbocycles. The fourth-order valence-electron chi connectivity index (χ4n) is 4.93. The smallest absolute Gasteiger partial charge is 0.209 e. The van der Waals surface area contributed by atoms with Crippen LogP contribution in [0.4, 0.5) is 0 Å². The number of rotatable bonds is 2.